The van der Waals surface area contributed by atoms with E-state index < -0.39 is 0 Å². The van der Waals surface area contributed by atoms with E-state index in [0.29, 0.717) is 0 Å². The first kappa shape index (κ1) is 10.2. The number of nitrogens with one attached hydrogen (secondary N) is 1. The van der Waals surface area contributed by atoms with Gasteiger partial charge in [-0.15, -0.1) is 0 Å². The highest BCUT2D eigenvalue weighted by atomic mass is 16.3. The Morgan fingerprint density at radius 1 is 1.27 bits per heavy atom. The van der Waals surface area contributed by atoms with Gasteiger partial charge in [-0.05, 0) is 23.5 Å². The summed E-state index contributed by atoms with van der Waals surface area (Å²) < 4.78 is 0. The van der Waals surface area contributed by atoms with Crippen molar-refractivity contribution in [1.29, 1.82) is 0 Å². The topological polar surface area (TPSA) is 36.0 Å². The quantitative estimate of drug-likeness (QED) is 0.790. The number of hydrogen-bond acceptors (Lipinski definition) is 1. The summed E-state index contributed by atoms with van der Waals surface area (Å²) in [4.78, 5) is 3.25. The molecule has 1 aromatic carbocycles. The number of fused-ring (bicyclic) bond motifs is 1. The standard InChI is InChI=1S/C13H17NO/c1-13(2,9-15)7-10-8-14-12-6-4-3-5-11(10)12/h3-6,8,14-15H,7,9H2,1-2H3. The first-order valence-electron chi connectivity index (χ1n) is 5.28. The van der Waals surface area contributed by atoms with Crippen molar-refractivity contribution >= 4 is 10.9 Å². The van der Waals surface area contributed by atoms with Gasteiger partial charge in [0.05, 0.1) is 0 Å². The maximum absolute atomic E-state index is 9.25. The van der Waals surface area contributed by atoms with Crippen LogP contribution in [0.2, 0.25) is 0 Å². The molecule has 0 fully saturated rings. The second-order valence-corrected chi connectivity index (χ2v) is 4.86. The van der Waals surface area contributed by atoms with Crippen LogP contribution in [0.15, 0.2) is 30.5 Å². The van der Waals surface area contributed by atoms with E-state index in [1.165, 1.54) is 16.5 Å². The molecule has 0 aliphatic carbocycles. The fourth-order valence-electron chi connectivity index (χ4n) is 1.85. The predicted octanol–water partition coefficient (Wildman–Crippen LogP) is 2.73. The summed E-state index contributed by atoms with van der Waals surface area (Å²) in [5, 5.41) is 10.5. The maximum Gasteiger partial charge on any atom is 0.0485 e. The van der Waals surface area contributed by atoms with E-state index in [9.17, 15) is 5.11 Å². The molecule has 0 bridgehead atoms. The second kappa shape index (κ2) is 3.70. The normalized spacial score (nSPS) is 12.2. The van der Waals surface area contributed by atoms with Crippen LogP contribution in [0.5, 0.6) is 0 Å². The van der Waals surface area contributed by atoms with Crippen LogP contribution in [0.4, 0.5) is 0 Å². The number of aromatic amines is 1. The molecule has 1 aromatic heterocycles. The molecule has 0 spiro atoms. The van der Waals surface area contributed by atoms with Gasteiger partial charge < -0.3 is 10.1 Å². The Hall–Kier alpha value is -1.28. The molecule has 0 atom stereocenters. The second-order valence-electron chi connectivity index (χ2n) is 4.86. The average Bonchev–Trinajstić information content (AvgIpc) is 2.62. The van der Waals surface area contributed by atoms with Crippen molar-refractivity contribution in [2.75, 3.05) is 6.61 Å². The van der Waals surface area contributed by atoms with Gasteiger partial charge in [0, 0.05) is 23.7 Å². The van der Waals surface area contributed by atoms with E-state index in [-0.39, 0.29) is 12.0 Å². The molecular weight excluding hydrogens is 186 g/mol. The third-order valence-electron chi connectivity index (χ3n) is 2.77. The highest BCUT2D eigenvalue weighted by molar-refractivity contribution is 5.83. The summed E-state index contributed by atoms with van der Waals surface area (Å²) in [7, 11) is 0. The molecule has 0 amide bonds. The molecule has 0 aliphatic rings. The van der Waals surface area contributed by atoms with Crippen molar-refractivity contribution in [3.05, 3.63) is 36.0 Å². The minimum absolute atomic E-state index is 0.0506. The Kier molecular flexibility index (Phi) is 2.53. The zero-order chi connectivity index (χ0) is 10.9. The van der Waals surface area contributed by atoms with Crippen molar-refractivity contribution in [2.45, 2.75) is 20.3 Å². The highest BCUT2D eigenvalue weighted by Gasteiger charge is 2.18. The van der Waals surface area contributed by atoms with Crippen LogP contribution in [0.25, 0.3) is 10.9 Å². The lowest BCUT2D eigenvalue weighted by molar-refractivity contribution is 0.160. The predicted molar refractivity (Wildman–Crippen MR) is 62.9 cm³/mol. The number of hydrogen-bond donors (Lipinski definition) is 2. The lowest BCUT2D eigenvalue weighted by atomic mass is 9.87. The molecular formula is C13H17NO. The Balaban J connectivity index is 2.37. The van der Waals surface area contributed by atoms with E-state index in [0.717, 1.165) is 6.42 Å². The maximum atomic E-state index is 9.25. The van der Waals surface area contributed by atoms with E-state index in [4.69, 9.17) is 0 Å². The molecule has 80 valence electrons. The van der Waals surface area contributed by atoms with Crippen LogP contribution in [0.3, 0.4) is 0 Å². The molecule has 0 saturated carbocycles. The van der Waals surface area contributed by atoms with Gasteiger partial charge in [-0.2, -0.15) is 0 Å². The lowest BCUT2D eigenvalue weighted by Gasteiger charge is -2.20. The summed E-state index contributed by atoms with van der Waals surface area (Å²) in [6.45, 7) is 4.37. The van der Waals surface area contributed by atoms with Crippen LogP contribution in [0.1, 0.15) is 19.4 Å². The zero-order valence-corrected chi connectivity index (χ0v) is 9.25. The number of aliphatic hydroxyl groups is 1. The van der Waals surface area contributed by atoms with Gasteiger partial charge in [0.15, 0.2) is 0 Å². The largest absolute Gasteiger partial charge is 0.396 e. The fraction of sp³-hybridized carbons (Fsp3) is 0.385. The van der Waals surface area contributed by atoms with Gasteiger partial charge >= 0.3 is 0 Å². The van der Waals surface area contributed by atoms with E-state index in [1.807, 2.05) is 18.3 Å². The molecule has 0 radical (unpaired) electrons. The number of para-hydroxylation sites is 1. The summed E-state index contributed by atoms with van der Waals surface area (Å²) in [6, 6.07) is 8.27. The van der Waals surface area contributed by atoms with Gasteiger partial charge in [0.25, 0.3) is 0 Å². The molecule has 2 nitrogen and oxygen atoms in total. The average molecular weight is 203 g/mol. The van der Waals surface area contributed by atoms with E-state index in [2.05, 4.69) is 31.0 Å². The summed E-state index contributed by atoms with van der Waals surface area (Å²) >= 11 is 0. The van der Waals surface area contributed by atoms with Crippen molar-refractivity contribution in [3.63, 3.8) is 0 Å². The Bertz CT molecular complexity index is 456. The monoisotopic (exact) mass is 203 g/mol. The Morgan fingerprint density at radius 3 is 2.73 bits per heavy atom. The number of aromatic nitrogens is 1. The molecule has 2 rings (SSSR count). The van der Waals surface area contributed by atoms with Crippen LogP contribution in [-0.2, 0) is 6.42 Å². The summed E-state index contributed by atoms with van der Waals surface area (Å²) in [5.41, 5.74) is 2.40. The summed E-state index contributed by atoms with van der Waals surface area (Å²) in [5.74, 6) is 0. The van der Waals surface area contributed by atoms with Gasteiger partial charge in [0.2, 0.25) is 0 Å². The van der Waals surface area contributed by atoms with Crippen LogP contribution in [0, 0.1) is 5.41 Å². The van der Waals surface area contributed by atoms with Crippen molar-refractivity contribution in [1.82, 2.24) is 4.98 Å². The third-order valence-corrected chi connectivity index (χ3v) is 2.77. The molecule has 0 saturated heterocycles. The van der Waals surface area contributed by atoms with Crippen LogP contribution >= 0.6 is 0 Å². The lowest BCUT2D eigenvalue weighted by Crippen LogP contribution is -2.19. The smallest absolute Gasteiger partial charge is 0.0485 e. The summed E-state index contributed by atoms with van der Waals surface area (Å²) in [6.07, 6.45) is 2.94. The number of aliphatic hydroxyl groups excluding tert-OH is 1. The fourth-order valence-corrected chi connectivity index (χ4v) is 1.85. The van der Waals surface area contributed by atoms with E-state index in [1.54, 1.807) is 0 Å². The number of rotatable bonds is 3. The van der Waals surface area contributed by atoms with Crippen molar-refractivity contribution in [3.8, 4) is 0 Å². The first-order valence-corrected chi connectivity index (χ1v) is 5.28. The minimum Gasteiger partial charge on any atom is -0.396 e. The molecule has 2 aromatic rings. The zero-order valence-electron chi connectivity index (χ0n) is 9.25. The van der Waals surface area contributed by atoms with E-state index >= 15 is 0 Å². The highest BCUT2D eigenvalue weighted by Crippen LogP contribution is 2.26. The van der Waals surface area contributed by atoms with Crippen LogP contribution < -0.4 is 0 Å². The number of H-pyrrole nitrogens is 1. The first-order chi connectivity index (χ1) is 7.12. The molecule has 0 aliphatic heterocycles. The Labute approximate surface area is 89.9 Å². The molecule has 15 heavy (non-hydrogen) atoms. The van der Waals surface area contributed by atoms with Crippen molar-refractivity contribution < 1.29 is 5.11 Å². The third kappa shape index (κ3) is 2.05. The van der Waals surface area contributed by atoms with Crippen molar-refractivity contribution in [2.24, 2.45) is 5.41 Å². The van der Waals surface area contributed by atoms with Gasteiger partial charge in [-0.1, -0.05) is 32.0 Å². The SMILES string of the molecule is CC(C)(CO)Cc1c[nH]c2ccccc12. The van der Waals surface area contributed by atoms with Crippen LogP contribution in [-0.4, -0.2) is 16.7 Å². The van der Waals surface area contributed by atoms with Gasteiger partial charge in [-0.25, -0.2) is 0 Å². The van der Waals surface area contributed by atoms with Gasteiger partial charge in [0.1, 0.15) is 0 Å². The van der Waals surface area contributed by atoms with Gasteiger partial charge in [-0.3, -0.25) is 0 Å². The molecule has 2 heteroatoms. The molecule has 2 N–H and O–H groups in total. The minimum atomic E-state index is -0.0506. The molecule has 0 unspecified atom stereocenters. The number of benzene rings is 1. The Morgan fingerprint density at radius 2 is 2.00 bits per heavy atom. The molecule has 1 heterocycles.